The first-order chi connectivity index (χ1) is 14.4. The van der Waals surface area contributed by atoms with E-state index < -0.39 is 12.7 Å². The molecule has 2 aromatic rings. The predicted molar refractivity (Wildman–Crippen MR) is 111 cm³/mol. The van der Waals surface area contributed by atoms with Crippen molar-refractivity contribution in [2.75, 3.05) is 46.3 Å². The molecule has 0 aromatic carbocycles. The number of rotatable bonds is 8. The Morgan fingerprint density at radius 3 is 2.90 bits per heavy atom. The van der Waals surface area contributed by atoms with Gasteiger partial charge in [-0.25, -0.2) is 0 Å². The number of aliphatic imine (C=N–C) groups is 1. The highest BCUT2D eigenvalue weighted by Gasteiger charge is 2.32. The van der Waals surface area contributed by atoms with Crippen LogP contribution in [0.3, 0.4) is 0 Å². The normalized spacial score (nSPS) is 18.0. The second-order valence-electron chi connectivity index (χ2n) is 7.67. The molecule has 0 aliphatic carbocycles. The summed E-state index contributed by atoms with van der Waals surface area (Å²) < 4.78 is 40.1. The maximum atomic E-state index is 12.7. The molecule has 0 saturated carbocycles. The Bertz CT molecular complexity index is 833. The molecule has 166 valence electrons. The SMILES string of the molecule is CCN(CC1CCN(C(=NC)NCCCc2nnc3ccccn23)C1)CC(F)(F)F. The number of fused-ring (bicyclic) bond motifs is 1. The van der Waals surface area contributed by atoms with Crippen molar-refractivity contribution in [3.05, 3.63) is 30.2 Å². The van der Waals surface area contributed by atoms with E-state index in [2.05, 4.69) is 25.4 Å². The summed E-state index contributed by atoms with van der Waals surface area (Å²) >= 11 is 0. The van der Waals surface area contributed by atoms with Gasteiger partial charge in [0.15, 0.2) is 11.6 Å². The van der Waals surface area contributed by atoms with Crippen LogP contribution in [0.1, 0.15) is 25.6 Å². The molecule has 1 saturated heterocycles. The van der Waals surface area contributed by atoms with Crippen molar-refractivity contribution < 1.29 is 13.2 Å². The third-order valence-corrected chi connectivity index (χ3v) is 5.41. The number of aryl methyl sites for hydroxylation is 1. The van der Waals surface area contributed by atoms with Crippen LogP contribution in [0.15, 0.2) is 29.4 Å². The van der Waals surface area contributed by atoms with Crippen molar-refractivity contribution >= 4 is 11.6 Å². The molecule has 7 nitrogen and oxygen atoms in total. The first-order valence-corrected chi connectivity index (χ1v) is 10.4. The number of nitrogens with one attached hydrogen (secondary N) is 1. The minimum atomic E-state index is -4.15. The maximum absolute atomic E-state index is 12.7. The van der Waals surface area contributed by atoms with E-state index in [-0.39, 0.29) is 5.92 Å². The largest absolute Gasteiger partial charge is 0.401 e. The summed E-state index contributed by atoms with van der Waals surface area (Å²) in [4.78, 5) is 7.97. The van der Waals surface area contributed by atoms with Gasteiger partial charge in [-0.15, -0.1) is 10.2 Å². The Labute approximate surface area is 175 Å². The van der Waals surface area contributed by atoms with Gasteiger partial charge in [0.2, 0.25) is 0 Å². The van der Waals surface area contributed by atoms with Crippen LogP contribution < -0.4 is 5.32 Å². The molecule has 2 aromatic heterocycles. The van der Waals surface area contributed by atoms with Crippen molar-refractivity contribution in [2.45, 2.75) is 32.4 Å². The molecule has 0 radical (unpaired) electrons. The van der Waals surface area contributed by atoms with Crippen molar-refractivity contribution in [2.24, 2.45) is 10.9 Å². The predicted octanol–water partition coefficient (Wildman–Crippen LogP) is 2.44. The summed E-state index contributed by atoms with van der Waals surface area (Å²) in [5.74, 6) is 1.95. The Kier molecular flexibility index (Phi) is 7.52. The van der Waals surface area contributed by atoms with Gasteiger partial charge in [0, 0.05) is 45.8 Å². The van der Waals surface area contributed by atoms with Gasteiger partial charge >= 0.3 is 6.18 Å². The molecule has 0 amide bonds. The summed E-state index contributed by atoms with van der Waals surface area (Å²) in [6.07, 6.45) is 0.351. The van der Waals surface area contributed by atoms with Crippen LogP contribution in [0.2, 0.25) is 0 Å². The fourth-order valence-corrected chi connectivity index (χ4v) is 3.94. The zero-order valence-corrected chi connectivity index (χ0v) is 17.6. The molecule has 10 heteroatoms. The second-order valence-corrected chi connectivity index (χ2v) is 7.67. The number of alkyl halides is 3. The molecule has 1 aliphatic rings. The van der Waals surface area contributed by atoms with Gasteiger partial charge in [0.25, 0.3) is 0 Å². The molecular formula is C20H30F3N7. The van der Waals surface area contributed by atoms with E-state index in [9.17, 15) is 13.2 Å². The third-order valence-electron chi connectivity index (χ3n) is 5.41. The Morgan fingerprint density at radius 1 is 1.33 bits per heavy atom. The van der Waals surface area contributed by atoms with Gasteiger partial charge in [-0.3, -0.25) is 14.3 Å². The lowest BCUT2D eigenvalue weighted by Crippen LogP contribution is -2.42. The Balaban J connectivity index is 1.43. The first-order valence-electron chi connectivity index (χ1n) is 10.4. The molecule has 1 N–H and O–H groups in total. The number of halogens is 3. The smallest absolute Gasteiger partial charge is 0.356 e. The number of pyridine rings is 1. The highest BCUT2D eigenvalue weighted by atomic mass is 19.4. The van der Waals surface area contributed by atoms with E-state index in [0.717, 1.165) is 56.3 Å². The van der Waals surface area contributed by atoms with Crippen LogP contribution in [0.4, 0.5) is 13.2 Å². The molecule has 3 rings (SSSR count). The van der Waals surface area contributed by atoms with Crippen LogP contribution >= 0.6 is 0 Å². The molecule has 1 aliphatic heterocycles. The molecule has 1 unspecified atom stereocenters. The summed E-state index contributed by atoms with van der Waals surface area (Å²) in [5.41, 5.74) is 0.839. The van der Waals surface area contributed by atoms with Crippen molar-refractivity contribution in [1.82, 2.24) is 29.7 Å². The van der Waals surface area contributed by atoms with E-state index in [4.69, 9.17) is 0 Å². The molecule has 1 atom stereocenters. The number of hydrogen-bond donors (Lipinski definition) is 1. The Morgan fingerprint density at radius 2 is 2.17 bits per heavy atom. The van der Waals surface area contributed by atoms with Gasteiger partial charge in [-0.05, 0) is 37.4 Å². The van der Waals surface area contributed by atoms with E-state index in [0.29, 0.717) is 13.1 Å². The van der Waals surface area contributed by atoms with Crippen molar-refractivity contribution in [3.8, 4) is 0 Å². The fraction of sp³-hybridized carbons (Fsp3) is 0.650. The number of likely N-dealkylation sites (tertiary alicyclic amines) is 1. The number of aromatic nitrogens is 3. The monoisotopic (exact) mass is 425 g/mol. The quantitative estimate of drug-likeness (QED) is 0.400. The van der Waals surface area contributed by atoms with Crippen molar-refractivity contribution in [3.63, 3.8) is 0 Å². The summed E-state index contributed by atoms with van der Waals surface area (Å²) in [6.45, 7) is 4.07. The number of hydrogen-bond acceptors (Lipinski definition) is 4. The topological polar surface area (TPSA) is 61.1 Å². The highest BCUT2D eigenvalue weighted by Crippen LogP contribution is 2.21. The lowest BCUT2D eigenvalue weighted by molar-refractivity contribution is -0.146. The zero-order chi connectivity index (χ0) is 21.6. The summed E-state index contributed by atoms with van der Waals surface area (Å²) in [6, 6.07) is 5.82. The lowest BCUT2D eigenvalue weighted by atomic mass is 10.1. The highest BCUT2D eigenvalue weighted by molar-refractivity contribution is 5.80. The summed E-state index contributed by atoms with van der Waals surface area (Å²) in [5, 5.41) is 11.8. The van der Waals surface area contributed by atoms with E-state index in [1.54, 1.807) is 14.0 Å². The Hall–Kier alpha value is -2.36. The summed E-state index contributed by atoms with van der Waals surface area (Å²) in [7, 11) is 1.74. The zero-order valence-electron chi connectivity index (χ0n) is 17.6. The van der Waals surface area contributed by atoms with Crippen molar-refractivity contribution in [1.29, 1.82) is 0 Å². The third kappa shape index (κ3) is 6.07. The van der Waals surface area contributed by atoms with Gasteiger partial charge < -0.3 is 10.2 Å². The van der Waals surface area contributed by atoms with Crippen LogP contribution in [-0.4, -0.2) is 82.8 Å². The molecule has 3 heterocycles. The molecule has 30 heavy (non-hydrogen) atoms. The van der Waals surface area contributed by atoms with Gasteiger partial charge in [-0.1, -0.05) is 13.0 Å². The minimum absolute atomic E-state index is 0.216. The molecular weight excluding hydrogens is 395 g/mol. The van der Waals surface area contributed by atoms with Gasteiger partial charge in [0.1, 0.15) is 5.82 Å². The maximum Gasteiger partial charge on any atom is 0.401 e. The van der Waals surface area contributed by atoms with E-state index >= 15 is 0 Å². The van der Waals surface area contributed by atoms with Crippen LogP contribution in [0, 0.1) is 5.92 Å². The standard InChI is InChI=1S/C20H30F3N7/c1-3-28(15-20(21,22)23)13-16-9-12-29(14-16)19(24-2)25-10-6-8-18-27-26-17-7-4-5-11-30(17)18/h4-5,7,11,16H,3,6,8-10,12-15H2,1-2H3,(H,24,25). The average molecular weight is 426 g/mol. The van der Waals surface area contributed by atoms with E-state index in [1.165, 1.54) is 4.90 Å². The minimum Gasteiger partial charge on any atom is -0.356 e. The number of nitrogens with zero attached hydrogens (tertiary/aromatic N) is 6. The fourth-order valence-electron chi connectivity index (χ4n) is 3.94. The first kappa shape index (κ1) is 22.3. The van der Waals surface area contributed by atoms with Crippen LogP contribution in [-0.2, 0) is 6.42 Å². The molecule has 0 bridgehead atoms. The molecule has 0 spiro atoms. The van der Waals surface area contributed by atoms with Gasteiger partial charge in [-0.2, -0.15) is 13.2 Å². The van der Waals surface area contributed by atoms with Crippen LogP contribution in [0.25, 0.3) is 5.65 Å². The van der Waals surface area contributed by atoms with Gasteiger partial charge in [0.05, 0.1) is 6.54 Å². The average Bonchev–Trinajstić information content (AvgIpc) is 3.34. The molecule has 1 fully saturated rings. The second kappa shape index (κ2) is 10.1. The van der Waals surface area contributed by atoms with E-state index in [1.807, 2.05) is 28.8 Å². The van der Waals surface area contributed by atoms with Crippen LogP contribution in [0.5, 0.6) is 0 Å². The number of guanidine groups is 1. The lowest BCUT2D eigenvalue weighted by Gasteiger charge is -2.26.